The molecule has 0 bridgehead atoms. The molecule has 14 heavy (non-hydrogen) atoms. The Balaban J connectivity index is 3.41. The standard InChI is InChI=1S/C8H15ClN2O2S/c9-3-8-14(12,13)7-2-6-11-5-1-4-10/h11H,1-3,5-8H2. The van der Waals surface area contributed by atoms with Crippen molar-refractivity contribution in [3.8, 4) is 6.07 Å². The number of nitrogens with zero attached hydrogens (tertiary/aromatic N) is 1. The third kappa shape index (κ3) is 8.30. The minimum absolute atomic E-state index is 0.0484. The Morgan fingerprint density at radius 2 is 2.00 bits per heavy atom. The summed E-state index contributed by atoms with van der Waals surface area (Å²) in [6, 6.07) is 2.00. The van der Waals surface area contributed by atoms with Crippen LogP contribution in [0.25, 0.3) is 0 Å². The molecule has 0 atom stereocenters. The Bertz CT molecular complexity index is 272. The highest BCUT2D eigenvalue weighted by molar-refractivity contribution is 7.91. The predicted octanol–water partition coefficient (Wildman–Crippen LogP) is 0.533. The van der Waals surface area contributed by atoms with Crippen LogP contribution in [0.3, 0.4) is 0 Å². The van der Waals surface area contributed by atoms with Gasteiger partial charge < -0.3 is 5.32 Å². The van der Waals surface area contributed by atoms with Crippen LogP contribution < -0.4 is 5.32 Å². The van der Waals surface area contributed by atoms with Gasteiger partial charge in [0.25, 0.3) is 0 Å². The molecular weight excluding hydrogens is 224 g/mol. The van der Waals surface area contributed by atoms with Crippen molar-refractivity contribution in [1.82, 2.24) is 5.32 Å². The van der Waals surface area contributed by atoms with Gasteiger partial charge in [0, 0.05) is 18.8 Å². The summed E-state index contributed by atoms with van der Waals surface area (Å²) in [6.45, 7) is 1.25. The normalized spacial score (nSPS) is 11.1. The van der Waals surface area contributed by atoms with Gasteiger partial charge in [-0.15, -0.1) is 11.6 Å². The van der Waals surface area contributed by atoms with Gasteiger partial charge in [-0.3, -0.25) is 0 Å². The van der Waals surface area contributed by atoms with E-state index in [0.717, 1.165) is 0 Å². The lowest BCUT2D eigenvalue weighted by molar-refractivity contribution is 0.590. The number of hydrogen-bond acceptors (Lipinski definition) is 4. The maximum Gasteiger partial charge on any atom is 0.151 e. The van der Waals surface area contributed by atoms with Crippen LogP contribution in [0.1, 0.15) is 12.8 Å². The van der Waals surface area contributed by atoms with Gasteiger partial charge in [0.15, 0.2) is 9.84 Å². The molecule has 1 N–H and O–H groups in total. The number of halogens is 1. The van der Waals surface area contributed by atoms with Crippen molar-refractivity contribution < 1.29 is 8.42 Å². The SMILES string of the molecule is N#CCCNCCCS(=O)(=O)CCCl. The van der Waals surface area contributed by atoms with Gasteiger partial charge in [-0.05, 0) is 13.0 Å². The number of sulfone groups is 1. The van der Waals surface area contributed by atoms with Gasteiger partial charge in [0.1, 0.15) is 0 Å². The van der Waals surface area contributed by atoms with Crippen LogP contribution in [-0.4, -0.2) is 38.9 Å². The molecule has 0 unspecified atom stereocenters. The van der Waals surface area contributed by atoms with Gasteiger partial charge >= 0.3 is 0 Å². The second-order valence-corrected chi connectivity index (χ2v) is 5.53. The third-order valence-corrected chi connectivity index (χ3v) is 3.76. The molecule has 0 radical (unpaired) electrons. The number of nitrogens with one attached hydrogen (secondary N) is 1. The fraction of sp³-hybridized carbons (Fsp3) is 0.875. The Morgan fingerprint density at radius 3 is 2.57 bits per heavy atom. The summed E-state index contributed by atoms with van der Waals surface area (Å²) in [5.41, 5.74) is 0. The van der Waals surface area contributed by atoms with Crippen LogP contribution in [0, 0.1) is 11.3 Å². The molecule has 0 heterocycles. The number of rotatable bonds is 8. The van der Waals surface area contributed by atoms with Crippen LogP contribution in [0.5, 0.6) is 0 Å². The van der Waals surface area contributed by atoms with E-state index in [1.807, 2.05) is 6.07 Å². The van der Waals surface area contributed by atoms with Crippen LogP contribution >= 0.6 is 11.6 Å². The first-order valence-electron chi connectivity index (χ1n) is 4.46. The van der Waals surface area contributed by atoms with E-state index < -0.39 is 9.84 Å². The highest BCUT2D eigenvalue weighted by Crippen LogP contribution is 1.94. The molecule has 0 aliphatic rings. The molecular formula is C8H15ClN2O2S. The summed E-state index contributed by atoms with van der Waals surface area (Å²) in [4.78, 5) is 0. The molecule has 82 valence electrons. The van der Waals surface area contributed by atoms with E-state index in [1.54, 1.807) is 0 Å². The fourth-order valence-electron chi connectivity index (χ4n) is 0.906. The van der Waals surface area contributed by atoms with Crippen molar-refractivity contribution >= 4 is 21.4 Å². The highest BCUT2D eigenvalue weighted by Gasteiger charge is 2.08. The lowest BCUT2D eigenvalue weighted by Gasteiger charge is -2.02. The topological polar surface area (TPSA) is 70.0 Å². The molecule has 0 amide bonds. The van der Waals surface area contributed by atoms with Gasteiger partial charge in [-0.1, -0.05) is 0 Å². The molecule has 0 fully saturated rings. The molecule has 0 aromatic heterocycles. The average molecular weight is 239 g/mol. The van der Waals surface area contributed by atoms with Gasteiger partial charge in [-0.25, -0.2) is 8.42 Å². The Kier molecular flexibility index (Phi) is 7.86. The zero-order valence-corrected chi connectivity index (χ0v) is 9.57. The van der Waals surface area contributed by atoms with E-state index in [1.165, 1.54) is 0 Å². The molecule has 0 aromatic carbocycles. The van der Waals surface area contributed by atoms with E-state index in [-0.39, 0.29) is 17.4 Å². The Labute approximate surface area is 90.2 Å². The van der Waals surface area contributed by atoms with Crippen molar-refractivity contribution in [2.75, 3.05) is 30.5 Å². The number of nitriles is 1. The molecule has 4 nitrogen and oxygen atoms in total. The van der Waals surface area contributed by atoms with E-state index in [9.17, 15) is 8.42 Å². The molecule has 0 aliphatic heterocycles. The minimum Gasteiger partial charge on any atom is -0.316 e. The monoisotopic (exact) mass is 238 g/mol. The zero-order valence-electron chi connectivity index (χ0n) is 8.00. The fourth-order valence-corrected chi connectivity index (χ4v) is 2.63. The van der Waals surface area contributed by atoms with Crippen molar-refractivity contribution in [2.45, 2.75) is 12.8 Å². The van der Waals surface area contributed by atoms with E-state index >= 15 is 0 Å². The predicted molar refractivity (Wildman–Crippen MR) is 57.1 cm³/mol. The van der Waals surface area contributed by atoms with Crippen molar-refractivity contribution in [1.29, 1.82) is 5.26 Å². The summed E-state index contributed by atoms with van der Waals surface area (Å²) >= 11 is 5.34. The number of alkyl halides is 1. The summed E-state index contributed by atoms with van der Waals surface area (Å²) in [7, 11) is -2.96. The van der Waals surface area contributed by atoms with E-state index in [2.05, 4.69) is 5.32 Å². The molecule has 0 saturated carbocycles. The summed E-state index contributed by atoms with van der Waals surface area (Å²) < 4.78 is 22.3. The van der Waals surface area contributed by atoms with E-state index in [4.69, 9.17) is 16.9 Å². The second-order valence-electron chi connectivity index (χ2n) is 2.85. The minimum atomic E-state index is -2.96. The van der Waals surface area contributed by atoms with Crippen LogP contribution in [-0.2, 0) is 9.84 Å². The van der Waals surface area contributed by atoms with E-state index in [0.29, 0.717) is 25.9 Å². The Morgan fingerprint density at radius 1 is 1.29 bits per heavy atom. The highest BCUT2D eigenvalue weighted by atomic mass is 35.5. The maximum atomic E-state index is 11.2. The van der Waals surface area contributed by atoms with Gasteiger partial charge in [0.05, 0.1) is 17.6 Å². The quantitative estimate of drug-likeness (QED) is 0.495. The molecule has 0 spiro atoms. The van der Waals surface area contributed by atoms with Crippen molar-refractivity contribution in [2.24, 2.45) is 0 Å². The largest absolute Gasteiger partial charge is 0.316 e. The van der Waals surface area contributed by atoms with Gasteiger partial charge in [0.2, 0.25) is 0 Å². The summed E-state index contributed by atoms with van der Waals surface area (Å²) in [5.74, 6) is 0.371. The van der Waals surface area contributed by atoms with Gasteiger partial charge in [-0.2, -0.15) is 5.26 Å². The Hall–Kier alpha value is -0.310. The first-order valence-corrected chi connectivity index (χ1v) is 6.82. The van der Waals surface area contributed by atoms with Crippen LogP contribution in [0.4, 0.5) is 0 Å². The molecule has 6 heteroatoms. The summed E-state index contributed by atoms with van der Waals surface area (Å²) in [6.07, 6.45) is 1.03. The smallest absolute Gasteiger partial charge is 0.151 e. The second kappa shape index (κ2) is 8.04. The molecule has 0 aliphatic carbocycles. The van der Waals surface area contributed by atoms with Crippen LogP contribution in [0.2, 0.25) is 0 Å². The molecule has 0 aromatic rings. The first-order chi connectivity index (χ1) is 6.62. The van der Waals surface area contributed by atoms with Crippen LogP contribution in [0.15, 0.2) is 0 Å². The average Bonchev–Trinajstić information content (AvgIpc) is 2.11. The maximum absolute atomic E-state index is 11.2. The molecule has 0 saturated heterocycles. The lowest BCUT2D eigenvalue weighted by Crippen LogP contribution is -2.20. The van der Waals surface area contributed by atoms with Crippen molar-refractivity contribution in [3.05, 3.63) is 0 Å². The zero-order chi connectivity index (χ0) is 10.9. The molecule has 0 rings (SSSR count). The number of hydrogen-bond donors (Lipinski definition) is 1. The lowest BCUT2D eigenvalue weighted by atomic mass is 10.4. The van der Waals surface area contributed by atoms with Crippen molar-refractivity contribution in [3.63, 3.8) is 0 Å². The summed E-state index contributed by atoms with van der Waals surface area (Å²) in [5, 5.41) is 11.2. The first kappa shape index (κ1) is 13.7. The third-order valence-electron chi connectivity index (χ3n) is 1.61.